The second-order valence-electron chi connectivity index (χ2n) is 3.20. The Morgan fingerprint density at radius 2 is 2.00 bits per heavy atom. The fraction of sp³-hybridized carbons (Fsp3) is 0.364. The van der Waals surface area contributed by atoms with E-state index in [4.69, 9.17) is 9.47 Å². The molecule has 5 heteroatoms. The highest BCUT2D eigenvalue weighted by Crippen LogP contribution is 2.37. The molecule has 0 aliphatic carbocycles. The Hall–Kier alpha value is -1.07. The van der Waals surface area contributed by atoms with Gasteiger partial charge in [-0.25, -0.2) is 0 Å². The van der Waals surface area contributed by atoms with Crippen LogP contribution in [0.25, 0.3) is 0 Å². The van der Waals surface area contributed by atoms with Crippen LogP contribution in [0.2, 0.25) is 0 Å². The van der Waals surface area contributed by atoms with Crippen LogP contribution in [0, 0.1) is 0 Å². The summed E-state index contributed by atoms with van der Waals surface area (Å²) in [5.41, 5.74) is 0.324. The summed E-state index contributed by atoms with van der Waals surface area (Å²) in [4.78, 5) is 11.7. The van der Waals surface area contributed by atoms with E-state index in [9.17, 15) is 9.90 Å². The van der Waals surface area contributed by atoms with E-state index in [-0.39, 0.29) is 5.78 Å². The lowest BCUT2D eigenvalue weighted by Gasteiger charge is -2.13. The number of halogens is 1. The highest BCUT2D eigenvalue weighted by Gasteiger charge is 2.20. The molecule has 1 rings (SSSR count). The summed E-state index contributed by atoms with van der Waals surface area (Å²) in [6.07, 6.45) is -1.06. The van der Waals surface area contributed by atoms with Crippen molar-refractivity contribution in [2.45, 2.75) is 13.0 Å². The summed E-state index contributed by atoms with van der Waals surface area (Å²) in [6.45, 7) is 1.42. The van der Waals surface area contributed by atoms with Crippen molar-refractivity contribution in [2.24, 2.45) is 0 Å². The zero-order chi connectivity index (χ0) is 12.3. The topological polar surface area (TPSA) is 55.8 Å². The molecule has 0 spiro atoms. The molecule has 0 aliphatic heterocycles. The molecule has 0 aliphatic rings. The van der Waals surface area contributed by atoms with Crippen molar-refractivity contribution < 1.29 is 19.4 Å². The van der Waals surface area contributed by atoms with Gasteiger partial charge in [0, 0.05) is 0 Å². The van der Waals surface area contributed by atoms with Crippen molar-refractivity contribution in [1.82, 2.24) is 0 Å². The molecule has 0 aromatic heterocycles. The number of aliphatic hydroxyl groups is 1. The normalized spacial score (nSPS) is 12.1. The van der Waals surface area contributed by atoms with E-state index < -0.39 is 6.10 Å². The molecule has 0 heterocycles. The molecule has 1 N–H and O–H groups in total. The number of carbonyl (C=O) groups is 1. The van der Waals surface area contributed by atoms with Gasteiger partial charge in [-0.15, -0.1) is 0 Å². The highest BCUT2D eigenvalue weighted by molar-refractivity contribution is 9.10. The van der Waals surface area contributed by atoms with Crippen LogP contribution in [0.3, 0.4) is 0 Å². The monoisotopic (exact) mass is 288 g/mol. The second kappa shape index (κ2) is 5.32. The first kappa shape index (κ1) is 13.0. The van der Waals surface area contributed by atoms with Crippen LogP contribution in [-0.4, -0.2) is 31.2 Å². The van der Waals surface area contributed by atoms with Crippen LogP contribution >= 0.6 is 15.9 Å². The molecule has 0 saturated heterocycles. The van der Waals surface area contributed by atoms with Crippen molar-refractivity contribution >= 4 is 21.7 Å². The van der Waals surface area contributed by atoms with Crippen LogP contribution in [0.15, 0.2) is 16.6 Å². The molecule has 4 nitrogen and oxygen atoms in total. The first-order valence-electron chi connectivity index (χ1n) is 4.65. The van der Waals surface area contributed by atoms with Gasteiger partial charge in [0.25, 0.3) is 0 Å². The maximum Gasteiger partial charge on any atom is 0.194 e. The number of aliphatic hydroxyl groups excluding tert-OH is 1. The first-order chi connectivity index (χ1) is 7.52. The number of hydrogen-bond acceptors (Lipinski definition) is 4. The number of ether oxygens (including phenoxy) is 2. The Labute approximate surface area is 102 Å². The third-order valence-electron chi connectivity index (χ3n) is 2.13. The lowest BCUT2D eigenvalue weighted by Crippen LogP contribution is -2.17. The van der Waals surface area contributed by atoms with Gasteiger partial charge in [-0.1, -0.05) is 0 Å². The molecule has 1 aromatic carbocycles. The Balaban J connectivity index is 3.31. The predicted molar refractivity (Wildman–Crippen MR) is 63.3 cm³/mol. The van der Waals surface area contributed by atoms with E-state index in [1.54, 1.807) is 12.1 Å². The molecule has 0 radical (unpaired) electrons. The van der Waals surface area contributed by atoms with E-state index in [0.29, 0.717) is 21.5 Å². The minimum atomic E-state index is -1.06. The predicted octanol–water partition coefficient (Wildman–Crippen LogP) is 2.03. The van der Waals surface area contributed by atoms with Gasteiger partial charge < -0.3 is 14.6 Å². The van der Waals surface area contributed by atoms with Crippen LogP contribution < -0.4 is 9.47 Å². The molecule has 0 fully saturated rings. The SMILES string of the molecule is COc1ccc(C(=O)C(C)O)c(OC)c1Br. The minimum absolute atomic E-state index is 0.324. The Kier molecular flexibility index (Phi) is 4.32. The largest absolute Gasteiger partial charge is 0.495 e. The summed E-state index contributed by atoms with van der Waals surface area (Å²) in [7, 11) is 2.98. The van der Waals surface area contributed by atoms with Crippen LogP contribution in [0.5, 0.6) is 11.5 Å². The average Bonchev–Trinajstić information content (AvgIpc) is 2.27. The van der Waals surface area contributed by atoms with E-state index in [2.05, 4.69) is 15.9 Å². The average molecular weight is 289 g/mol. The molecular weight excluding hydrogens is 276 g/mol. The zero-order valence-corrected chi connectivity index (χ0v) is 10.9. The van der Waals surface area contributed by atoms with Crippen molar-refractivity contribution in [3.63, 3.8) is 0 Å². The van der Waals surface area contributed by atoms with E-state index in [0.717, 1.165) is 0 Å². The van der Waals surface area contributed by atoms with Crippen molar-refractivity contribution in [1.29, 1.82) is 0 Å². The maximum absolute atomic E-state index is 11.7. The standard InChI is InChI=1S/C11H13BrO4/c1-6(13)10(14)7-4-5-8(15-2)9(12)11(7)16-3/h4-6,13H,1-3H3. The first-order valence-corrected chi connectivity index (χ1v) is 5.45. The van der Waals surface area contributed by atoms with E-state index >= 15 is 0 Å². The van der Waals surface area contributed by atoms with Crippen LogP contribution in [-0.2, 0) is 0 Å². The van der Waals surface area contributed by atoms with E-state index in [1.165, 1.54) is 21.1 Å². The maximum atomic E-state index is 11.7. The molecule has 1 atom stereocenters. The van der Waals surface area contributed by atoms with Gasteiger partial charge in [0.1, 0.15) is 22.1 Å². The highest BCUT2D eigenvalue weighted by atomic mass is 79.9. The number of hydrogen-bond donors (Lipinski definition) is 1. The number of methoxy groups -OCH3 is 2. The minimum Gasteiger partial charge on any atom is -0.495 e. The Morgan fingerprint density at radius 3 is 2.44 bits per heavy atom. The molecule has 0 bridgehead atoms. The Morgan fingerprint density at radius 1 is 1.38 bits per heavy atom. The fourth-order valence-electron chi connectivity index (χ4n) is 1.31. The van der Waals surface area contributed by atoms with Gasteiger partial charge in [0.15, 0.2) is 5.78 Å². The number of Topliss-reactive ketones (excluding diaryl/α,β-unsaturated/α-hetero) is 1. The van der Waals surface area contributed by atoms with Gasteiger partial charge in [-0.05, 0) is 35.0 Å². The van der Waals surface area contributed by atoms with Crippen LogP contribution in [0.1, 0.15) is 17.3 Å². The number of benzene rings is 1. The van der Waals surface area contributed by atoms with Gasteiger partial charge >= 0.3 is 0 Å². The lowest BCUT2D eigenvalue weighted by molar-refractivity contribution is 0.0776. The molecule has 1 unspecified atom stereocenters. The van der Waals surface area contributed by atoms with Crippen molar-refractivity contribution in [3.8, 4) is 11.5 Å². The third-order valence-corrected chi connectivity index (χ3v) is 2.88. The summed E-state index contributed by atoms with van der Waals surface area (Å²) < 4.78 is 10.8. The second-order valence-corrected chi connectivity index (χ2v) is 4.00. The summed E-state index contributed by atoms with van der Waals surface area (Å²) in [5.74, 6) is 0.546. The van der Waals surface area contributed by atoms with Crippen molar-refractivity contribution in [3.05, 3.63) is 22.2 Å². The van der Waals surface area contributed by atoms with Crippen LogP contribution in [0.4, 0.5) is 0 Å². The number of ketones is 1. The van der Waals surface area contributed by atoms with Gasteiger partial charge in [0.2, 0.25) is 0 Å². The molecular formula is C11H13BrO4. The molecule has 0 amide bonds. The summed E-state index contributed by atoms with van der Waals surface area (Å²) in [6, 6.07) is 3.21. The molecule has 0 saturated carbocycles. The molecule has 1 aromatic rings. The zero-order valence-electron chi connectivity index (χ0n) is 9.28. The van der Waals surface area contributed by atoms with E-state index in [1.807, 2.05) is 0 Å². The van der Waals surface area contributed by atoms with Gasteiger partial charge in [-0.2, -0.15) is 0 Å². The lowest BCUT2D eigenvalue weighted by atomic mass is 10.1. The molecule has 88 valence electrons. The molecule has 16 heavy (non-hydrogen) atoms. The third kappa shape index (κ3) is 2.36. The fourth-order valence-corrected chi connectivity index (χ4v) is 1.98. The summed E-state index contributed by atoms with van der Waals surface area (Å²) >= 11 is 3.29. The van der Waals surface area contributed by atoms with Gasteiger partial charge in [0.05, 0.1) is 19.8 Å². The van der Waals surface area contributed by atoms with Crippen molar-refractivity contribution in [2.75, 3.05) is 14.2 Å². The van der Waals surface area contributed by atoms with Gasteiger partial charge in [-0.3, -0.25) is 4.79 Å². The summed E-state index contributed by atoms with van der Waals surface area (Å²) in [5, 5.41) is 9.26. The number of rotatable bonds is 4. The smallest absolute Gasteiger partial charge is 0.194 e. The quantitative estimate of drug-likeness (QED) is 0.862. The Bertz CT molecular complexity index is 401. The number of carbonyl (C=O) groups excluding carboxylic acids is 1.